The predicted molar refractivity (Wildman–Crippen MR) is 70.9 cm³/mol. The largest absolute Gasteiger partial charge is 0.360 e. The van der Waals surface area contributed by atoms with Gasteiger partial charge in [0, 0.05) is 19.5 Å². The Morgan fingerprint density at radius 1 is 1.21 bits per heavy atom. The molecule has 2 heterocycles. The van der Waals surface area contributed by atoms with Crippen LogP contribution >= 0.6 is 0 Å². The molecule has 0 N–H and O–H groups in total. The first-order valence-electron chi connectivity index (χ1n) is 6.61. The number of carbonyl (C=O) groups excluding carboxylic acids is 1. The van der Waals surface area contributed by atoms with Crippen LogP contribution in [-0.4, -0.2) is 29.1 Å². The summed E-state index contributed by atoms with van der Waals surface area (Å²) in [6, 6.07) is 9.97. The van der Waals surface area contributed by atoms with E-state index in [0.717, 1.165) is 31.5 Å². The molecule has 0 radical (unpaired) electrons. The molecular weight excluding hydrogens is 240 g/mol. The van der Waals surface area contributed by atoms with Gasteiger partial charge in [0.25, 0.3) is 5.91 Å². The van der Waals surface area contributed by atoms with Crippen molar-refractivity contribution in [3.05, 3.63) is 53.4 Å². The number of benzene rings is 1. The zero-order chi connectivity index (χ0) is 13.1. The molecule has 3 rings (SSSR count). The number of amides is 1. The summed E-state index contributed by atoms with van der Waals surface area (Å²) in [5.41, 5.74) is 1.72. The number of nitrogens with zero attached hydrogens (tertiary/aromatic N) is 2. The van der Waals surface area contributed by atoms with Crippen molar-refractivity contribution >= 4 is 5.91 Å². The van der Waals surface area contributed by atoms with Gasteiger partial charge in [-0.05, 0) is 18.4 Å². The second kappa shape index (κ2) is 5.26. The van der Waals surface area contributed by atoms with Gasteiger partial charge >= 0.3 is 0 Å². The summed E-state index contributed by atoms with van der Waals surface area (Å²) in [4.78, 5) is 14.2. The molecule has 1 aliphatic rings. The third-order valence-electron chi connectivity index (χ3n) is 3.48. The number of aromatic nitrogens is 1. The van der Waals surface area contributed by atoms with Crippen LogP contribution in [0.15, 0.2) is 41.1 Å². The first-order valence-corrected chi connectivity index (χ1v) is 6.61. The Hall–Kier alpha value is -2.10. The molecular formula is C15H16N2O2. The van der Waals surface area contributed by atoms with Crippen molar-refractivity contribution in [2.45, 2.75) is 19.3 Å². The van der Waals surface area contributed by atoms with E-state index in [4.69, 9.17) is 4.52 Å². The fraction of sp³-hybridized carbons (Fsp3) is 0.333. The highest BCUT2D eigenvalue weighted by molar-refractivity contribution is 5.95. The van der Waals surface area contributed by atoms with Crippen molar-refractivity contribution in [2.24, 2.45) is 0 Å². The van der Waals surface area contributed by atoms with Crippen LogP contribution in [-0.2, 0) is 6.42 Å². The third-order valence-corrected chi connectivity index (χ3v) is 3.48. The third kappa shape index (κ3) is 2.52. The maximum absolute atomic E-state index is 12.3. The molecule has 1 fully saturated rings. The number of likely N-dealkylation sites (tertiary alicyclic amines) is 1. The Morgan fingerprint density at radius 3 is 2.68 bits per heavy atom. The Bertz CT molecular complexity index is 557. The SMILES string of the molecule is O=C(c1cnoc1Cc1ccccc1)N1CCCC1. The molecule has 0 atom stereocenters. The number of carbonyl (C=O) groups is 1. The van der Waals surface area contributed by atoms with Gasteiger partial charge in [-0.15, -0.1) is 0 Å². The zero-order valence-corrected chi connectivity index (χ0v) is 10.7. The van der Waals surface area contributed by atoms with Crippen molar-refractivity contribution in [2.75, 3.05) is 13.1 Å². The number of hydrogen-bond donors (Lipinski definition) is 0. The minimum absolute atomic E-state index is 0.0460. The van der Waals surface area contributed by atoms with Gasteiger partial charge in [-0.25, -0.2) is 0 Å². The van der Waals surface area contributed by atoms with Gasteiger partial charge in [0.2, 0.25) is 0 Å². The number of rotatable bonds is 3. The van der Waals surface area contributed by atoms with Crippen LogP contribution in [0.25, 0.3) is 0 Å². The zero-order valence-electron chi connectivity index (χ0n) is 10.7. The summed E-state index contributed by atoms with van der Waals surface area (Å²) < 4.78 is 5.25. The Morgan fingerprint density at radius 2 is 1.95 bits per heavy atom. The van der Waals surface area contributed by atoms with E-state index < -0.39 is 0 Å². The molecule has 1 aromatic heterocycles. The molecule has 98 valence electrons. The number of hydrogen-bond acceptors (Lipinski definition) is 3. The lowest BCUT2D eigenvalue weighted by Crippen LogP contribution is -2.28. The molecule has 4 nitrogen and oxygen atoms in total. The van der Waals surface area contributed by atoms with E-state index in [1.807, 2.05) is 35.2 Å². The van der Waals surface area contributed by atoms with Crippen molar-refractivity contribution in [3.8, 4) is 0 Å². The average Bonchev–Trinajstić information content (AvgIpc) is 3.10. The average molecular weight is 256 g/mol. The van der Waals surface area contributed by atoms with Crippen molar-refractivity contribution in [1.82, 2.24) is 10.1 Å². The van der Waals surface area contributed by atoms with E-state index >= 15 is 0 Å². The van der Waals surface area contributed by atoms with Crippen molar-refractivity contribution in [1.29, 1.82) is 0 Å². The van der Waals surface area contributed by atoms with E-state index in [1.54, 1.807) is 6.20 Å². The lowest BCUT2D eigenvalue weighted by Gasteiger charge is -2.14. The summed E-state index contributed by atoms with van der Waals surface area (Å²) in [7, 11) is 0. The summed E-state index contributed by atoms with van der Waals surface area (Å²) in [5, 5.41) is 3.79. The molecule has 1 aromatic carbocycles. The fourth-order valence-electron chi connectivity index (χ4n) is 2.44. The lowest BCUT2D eigenvalue weighted by molar-refractivity contribution is 0.0790. The lowest BCUT2D eigenvalue weighted by atomic mass is 10.1. The van der Waals surface area contributed by atoms with E-state index in [2.05, 4.69) is 5.16 Å². The molecule has 19 heavy (non-hydrogen) atoms. The Balaban J connectivity index is 1.80. The van der Waals surface area contributed by atoms with Crippen LogP contribution in [0.5, 0.6) is 0 Å². The fourth-order valence-corrected chi connectivity index (χ4v) is 2.44. The van der Waals surface area contributed by atoms with Crippen LogP contribution < -0.4 is 0 Å². The van der Waals surface area contributed by atoms with E-state index in [0.29, 0.717) is 17.7 Å². The van der Waals surface area contributed by atoms with Gasteiger partial charge in [0.15, 0.2) is 5.76 Å². The quantitative estimate of drug-likeness (QED) is 0.847. The summed E-state index contributed by atoms with van der Waals surface area (Å²) in [5.74, 6) is 0.702. The smallest absolute Gasteiger partial charge is 0.259 e. The van der Waals surface area contributed by atoms with Gasteiger partial charge < -0.3 is 9.42 Å². The van der Waals surface area contributed by atoms with Crippen LogP contribution in [0.3, 0.4) is 0 Å². The van der Waals surface area contributed by atoms with E-state index in [1.165, 1.54) is 0 Å². The minimum atomic E-state index is 0.0460. The molecule has 0 saturated carbocycles. The van der Waals surface area contributed by atoms with Crippen LogP contribution in [0.2, 0.25) is 0 Å². The van der Waals surface area contributed by atoms with Gasteiger partial charge in [-0.2, -0.15) is 0 Å². The summed E-state index contributed by atoms with van der Waals surface area (Å²) in [6.07, 6.45) is 4.32. The first kappa shape index (κ1) is 12.0. The second-order valence-electron chi connectivity index (χ2n) is 4.82. The van der Waals surface area contributed by atoms with Crippen molar-refractivity contribution < 1.29 is 9.32 Å². The van der Waals surface area contributed by atoms with E-state index in [9.17, 15) is 4.79 Å². The molecule has 1 amide bonds. The normalized spacial score (nSPS) is 14.8. The topological polar surface area (TPSA) is 46.3 Å². The first-order chi connectivity index (χ1) is 9.34. The second-order valence-corrected chi connectivity index (χ2v) is 4.82. The van der Waals surface area contributed by atoms with Gasteiger partial charge in [0.1, 0.15) is 5.56 Å². The van der Waals surface area contributed by atoms with Crippen molar-refractivity contribution in [3.63, 3.8) is 0 Å². The monoisotopic (exact) mass is 256 g/mol. The van der Waals surface area contributed by atoms with E-state index in [-0.39, 0.29) is 5.91 Å². The molecule has 0 bridgehead atoms. The van der Waals surface area contributed by atoms with Crippen LogP contribution in [0, 0.1) is 0 Å². The predicted octanol–water partition coefficient (Wildman–Crippen LogP) is 2.50. The highest BCUT2D eigenvalue weighted by Crippen LogP contribution is 2.18. The van der Waals surface area contributed by atoms with Crippen LogP contribution in [0.4, 0.5) is 0 Å². The molecule has 0 unspecified atom stereocenters. The van der Waals surface area contributed by atoms with Gasteiger partial charge in [0.05, 0.1) is 6.20 Å². The Labute approximate surface area is 112 Å². The highest BCUT2D eigenvalue weighted by atomic mass is 16.5. The molecule has 1 aliphatic heterocycles. The molecule has 0 spiro atoms. The molecule has 4 heteroatoms. The standard InChI is InChI=1S/C15H16N2O2/c18-15(17-8-4-5-9-17)13-11-16-19-14(13)10-12-6-2-1-3-7-12/h1-3,6-7,11H,4-5,8-10H2. The maximum atomic E-state index is 12.3. The minimum Gasteiger partial charge on any atom is -0.360 e. The van der Waals surface area contributed by atoms with Gasteiger partial charge in [-0.3, -0.25) is 4.79 Å². The molecule has 1 saturated heterocycles. The summed E-state index contributed by atoms with van der Waals surface area (Å²) in [6.45, 7) is 1.68. The Kier molecular flexibility index (Phi) is 3.31. The molecule has 0 aliphatic carbocycles. The maximum Gasteiger partial charge on any atom is 0.259 e. The summed E-state index contributed by atoms with van der Waals surface area (Å²) >= 11 is 0. The van der Waals surface area contributed by atoms with Gasteiger partial charge in [-0.1, -0.05) is 35.5 Å². The molecule has 2 aromatic rings. The highest BCUT2D eigenvalue weighted by Gasteiger charge is 2.24. The van der Waals surface area contributed by atoms with Crippen LogP contribution in [0.1, 0.15) is 34.5 Å².